The standard InChI is InChI=1S/C14H26N2O4/c1-5-6-10(16-13(19)20-14(2,3)4)11(17)12(18)15-9-7-8-9/h9-11,17H,5-8H2,1-4H3,(H,15,18)(H,16,19)/t10?,11-/m1/s1. The summed E-state index contributed by atoms with van der Waals surface area (Å²) < 4.78 is 5.15. The Morgan fingerprint density at radius 2 is 1.95 bits per heavy atom. The van der Waals surface area contributed by atoms with Crippen LogP contribution >= 0.6 is 0 Å². The highest BCUT2D eigenvalue weighted by Gasteiger charge is 2.32. The number of aliphatic hydroxyl groups is 1. The van der Waals surface area contributed by atoms with Crippen LogP contribution in [0.3, 0.4) is 0 Å². The first-order valence-corrected chi connectivity index (χ1v) is 7.21. The van der Waals surface area contributed by atoms with E-state index in [4.69, 9.17) is 4.74 Å². The molecule has 0 heterocycles. The second-order valence-corrected chi connectivity index (χ2v) is 6.27. The quantitative estimate of drug-likeness (QED) is 0.687. The Bertz CT molecular complexity index is 348. The Kier molecular flexibility index (Phi) is 5.80. The first-order chi connectivity index (χ1) is 9.23. The van der Waals surface area contributed by atoms with E-state index in [9.17, 15) is 14.7 Å². The normalized spacial score (nSPS) is 18.1. The summed E-state index contributed by atoms with van der Waals surface area (Å²) in [5.41, 5.74) is -0.609. The van der Waals surface area contributed by atoms with Crippen molar-refractivity contribution in [3.63, 3.8) is 0 Å². The van der Waals surface area contributed by atoms with Gasteiger partial charge in [0.15, 0.2) is 6.10 Å². The van der Waals surface area contributed by atoms with E-state index in [-0.39, 0.29) is 6.04 Å². The lowest BCUT2D eigenvalue weighted by Crippen LogP contribution is -2.51. The SMILES string of the molecule is CCCC(NC(=O)OC(C)(C)C)[C@@H](O)C(=O)NC1CC1. The summed E-state index contributed by atoms with van der Waals surface area (Å²) in [6.07, 6.45) is 1.30. The molecule has 0 aromatic rings. The molecule has 2 atom stereocenters. The molecule has 1 aliphatic rings. The fraction of sp³-hybridized carbons (Fsp3) is 0.857. The molecule has 20 heavy (non-hydrogen) atoms. The molecule has 1 aliphatic carbocycles. The van der Waals surface area contributed by atoms with Gasteiger partial charge in [0.25, 0.3) is 5.91 Å². The number of hydrogen-bond acceptors (Lipinski definition) is 4. The number of aliphatic hydroxyl groups excluding tert-OH is 1. The Labute approximate surface area is 120 Å². The van der Waals surface area contributed by atoms with Gasteiger partial charge in [-0.25, -0.2) is 4.79 Å². The summed E-state index contributed by atoms with van der Waals surface area (Å²) in [4.78, 5) is 23.6. The van der Waals surface area contributed by atoms with Crippen molar-refractivity contribution in [2.75, 3.05) is 0 Å². The van der Waals surface area contributed by atoms with Crippen LogP contribution in [0.4, 0.5) is 4.79 Å². The van der Waals surface area contributed by atoms with Gasteiger partial charge in [0.1, 0.15) is 5.60 Å². The number of nitrogens with one attached hydrogen (secondary N) is 2. The summed E-state index contributed by atoms with van der Waals surface area (Å²) in [7, 11) is 0. The summed E-state index contributed by atoms with van der Waals surface area (Å²) in [5, 5.41) is 15.4. The van der Waals surface area contributed by atoms with Crippen molar-refractivity contribution in [3.05, 3.63) is 0 Å². The Morgan fingerprint density at radius 1 is 1.35 bits per heavy atom. The number of ether oxygens (including phenoxy) is 1. The maximum atomic E-state index is 11.8. The molecule has 2 amide bonds. The third-order valence-electron chi connectivity index (χ3n) is 2.88. The summed E-state index contributed by atoms with van der Waals surface area (Å²) in [6.45, 7) is 7.21. The number of carbonyl (C=O) groups is 2. The minimum atomic E-state index is -1.25. The van der Waals surface area contributed by atoms with Gasteiger partial charge in [-0.05, 0) is 40.0 Å². The first kappa shape index (κ1) is 16.8. The molecule has 0 spiro atoms. The third-order valence-corrected chi connectivity index (χ3v) is 2.88. The summed E-state index contributed by atoms with van der Waals surface area (Å²) in [5.74, 6) is -0.429. The van der Waals surface area contributed by atoms with Crippen LogP contribution in [-0.4, -0.2) is 40.9 Å². The molecule has 1 unspecified atom stereocenters. The van der Waals surface area contributed by atoms with Crippen LogP contribution in [0.5, 0.6) is 0 Å². The molecule has 0 aromatic carbocycles. The Morgan fingerprint density at radius 3 is 2.40 bits per heavy atom. The van der Waals surface area contributed by atoms with Crippen LogP contribution in [0.2, 0.25) is 0 Å². The Balaban J connectivity index is 2.52. The lowest BCUT2D eigenvalue weighted by atomic mass is 10.1. The zero-order valence-electron chi connectivity index (χ0n) is 12.7. The van der Waals surface area contributed by atoms with Crippen molar-refractivity contribution in [2.45, 2.75) is 77.2 Å². The second-order valence-electron chi connectivity index (χ2n) is 6.27. The predicted molar refractivity (Wildman–Crippen MR) is 75.2 cm³/mol. The van der Waals surface area contributed by atoms with Crippen LogP contribution in [0.25, 0.3) is 0 Å². The largest absolute Gasteiger partial charge is 0.444 e. The van der Waals surface area contributed by atoms with Crippen molar-refractivity contribution >= 4 is 12.0 Å². The van der Waals surface area contributed by atoms with Gasteiger partial charge in [0.05, 0.1) is 6.04 Å². The van der Waals surface area contributed by atoms with Crippen molar-refractivity contribution in [1.29, 1.82) is 0 Å². The van der Waals surface area contributed by atoms with Gasteiger partial charge >= 0.3 is 6.09 Å². The van der Waals surface area contributed by atoms with E-state index < -0.39 is 29.7 Å². The van der Waals surface area contributed by atoms with Gasteiger partial charge in [-0.1, -0.05) is 13.3 Å². The van der Waals surface area contributed by atoms with Crippen LogP contribution in [0.1, 0.15) is 53.4 Å². The van der Waals surface area contributed by atoms with E-state index >= 15 is 0 Å². The zero-order valence-corrected chi connectivity index (χ0v) is 12.7. The molecule has 0 bridgehead atoms. The molecule has 1 rings (SSSR count). The maximum absolute atomic E-state index is 11.8. The van der Waals surface area contributed by atoms with E-state index in [0.29, 0.717) is 6.42 Å². The monoisotopic (exact) mass is 286 g/mol. The first-order valence-electron chi connectivity index (χ1n) is 7.21. The zero-order chi connectivity index (χ0) is 15.3. The fourth-order valence-electron chi connectivity index (χ4n) is 1.78. The van der Waals surface area contributed by atoms with E-state index in [0.717, 1.165) is 19.3 Å². The van der Waals surface area contributed by atoms with Gasteiger partial charge < -0.3 is 20.5 Å². The van der Waals surface area contributed by atoms with Gasteiger partial charge in [-0.3, -0.25) is 4.79 Å². The molecule has 0 saturated heterocycles. The van der Waals surface area contributed by atoms with Gasteiger partial charge in [-0.2, -0.15) is 0 Å². The fourth-order valence-corrected chi connectivity index (χ4v) is 1.78. The Hall–Kier alpha value is -1.30. The lowest BCUT2D eigenvalue weighted by Gasteiger charge is -2.26. The average molecular weight is 286 g/mol. The molecule has 0 radical (unpaired) electrons. The van der Waals surface area contributed by atoms with E-state index in [1.54, 1.807) is 20.8 Å². The van der Waals surface area contributed by atoms with E-state index in [1.165, 1.54) is 0 Å². The van der Waals surface area contributed by atoms with Crippen LogP contribution in [0, 0.1) is 0 Å². The molecular weight excluding hydrogens is 260 g/mol. The topological polar surface area (TPSA) is 87.7 Å². The molecule has 1 fully saturated rings. The molecule has 6 heteroatoms. The van der Waals surface area contributed by atoms with Gasteiger partial charge in [0, 0.05) is 6.04 Å². The van der Waals surface area contributed by atoms with Crippen molar-refractivity contribution in [2.24, 2.45) is 0 Å². The third kappa shape index (κ3) is 6.23. The smallest absolute Gasteiger partial charge is 0.407 e. The van der Waals surface area contributed by atoms with Crippen molar-refractivity contribution < 1.29 is 19.4 Å². The summed E-state index contributed by atoms with van der Waals surface area (Å²) in [6, 6.07) is -0.449. The van der Waals surface area contributed by atoms with Gasteiger partial charge in [0.2, 0.25) is 0 Å². The molecule has 1 saturated carbocycles. The minimum Gasteiger partial charge on any atom is -0.444 e. The number of alkyl carbamates (subject to hydrolysis) is 1. The highest BCUT2D eigenvalue weighted by molar-refractivity contribution is 5.82. The van der Waals surface area contributed by atoms with Crippen LogP contribution < -0.4 is 10.6 Å². The van der Waals surface area contributed by atoms with Crippen LogP contribution in [0.15, 0.2) is 0 Å². The molecular formula is C14H26N2O4. The summed E-state index contributed by atoms with van der Waals surface area (Å²) >= 11 is 0. The average Bonchev–Trinajstić information content (AvgIpc) is 3.08. The molecule has 0 aliphatic heterocycles. The maximum Gasteiger partial charge on any atom is 0.407 e. The molecule has 116 valence electrons. The second kappa shape index (κ2) is 6.92. The lowest BCUT2D eigenvalue weighted by molar-refractivity contribution is -0.131. The molecule has 3 N–H and O–H groups in total. The number of carbonyl (C=O) groups excluding carboxylic acids is 2. The minimum absolute atomic E-state index is 0.181. The van der Waals surface area contributed by atoms with Crippen molar-refractivity contribution in [3.8, 4) is 0 Å². The van der Waals surface area contributed by atoms with E-state index in [1.807, 2.05) is 6.92 Å². The highest BCUT2D eigenvalue weighted by Crippen LogP contribution is 2.19. The van der Waals surface area contributed by atoms with E-state index in [2.05, 4.69) is 10.6 Å². The van der Waals surface area contributed by atoms with Gasteiger partial charge in [-0.15, -0.1) is 0 Å². The predicted octanol–water partition coefficient (Wildman–Crippen LogP) is 1.32. The number of rotatable bonds is 6. The molecule has 0 aromatic heterocycles. The number of hydrogen-bond donors (Lipinski definition) is 3. The highest BCUT2D eigenvalue weighted by atomic mass is 16.6. The number of amides is 2. The van der Waals surface area contributed by atoms with Crippen molar-refractivity contribution in [1.82, 2.24) is 10.6 Å². The molecule has 6 nitrogen and oxygen atoms in total. The van der Waals surface area contributed by atoms with Crippen LogP contribution in [-0.2, 0) is 9.53 Å².